The van der Waals surface area contributed by atoms with E-state index in [1.165, 1.54) is 0 Å². The molecule has 3 rings (SSSR count). The first kappa shape index (κ1) is 13.9. The van der Waals surface area contributed by atoms with Crippen LogP contribution in [0.4, 0.5) is 0 Å². The molecule has 0 aliphatic heterocycles. The Balaban J connectivity index is 1.99. The third-order valence-corrected chi connectivity index (χ3v) is 3.59. The lowest BCUT2D eigenvalue weighted by molar-refractivity contribution is 0.487. The summed E-state index contributed by atoms with van der Waals surface area (Å²) in [5.74, 6) is 1.28. The number of benzene rings is 2. The Morgan fingerprint density at radius 2 is 1.90 bits per heavy atom. The molecule has 21 heavy (non-hydrogen) atoms. The van der Waals surface area contributed by atoms with E-state index in [2.05, 4.69) is 4.98 Å². The Labute approximate surface area is 128 Å². The summed E-state index contributed by atoms with van der Waals surface area (Å²) in [4.78, 5) is 4.36. The molecule has 3 nitrogen and oxygen atoms in total. The molecule has 0 saturated carbocycles. The van der Waals surface area contributed by atoms with Gasteiger partial charge in [0.15, 0.2) is 5.75 Å². The predicted molar refractivity (Wildman–Crippen MR) is 85.9 cm³/mol. The predicted octanol–water partition coefficient (Wildman–Crippen LogP) is 4.70. The van der Waals surface area contributed by atoms with E-state index in [-0.39, 0.29) is 6.04 Å². The minimum atomic E-state index is -0.0595. The second-order valence-corrected chi connectivity index (χ2v) is 5.32. The van der Waals surface area contributed by atoms with Gasteiger partial charge in [0.25, 0.3) is 0 Å². The minimum absolute atomic E-state index is 0.0595. The second-order valence-electron chi connectivity index (χ2n) is 4.91. The summed E-state index contributed by atoms with van der Waals surface area (Å²) in [5.41, 5.74) is 7.64. The first-order valence-electron chi connectivity index (χ1n) is 6.72. The number of fused-ring (bicyclic) bond motifs is 1. The maximum absolute atomic E-state index is 6.27. The molecule has 0 fully saturated rings. The van der Waals surface area contributed by atoms with Gasteiger partial charge < -0.3 is 10.5 Å². The highest BCUT2D eigenvalue weighted by Crippen LogP contribution is 2.34. The Morgan fingerprint density at radius 3 is 2.67 bits per heavy atom. The van der Waals surface area contributed by atoms with Gasteiger partial charge >= 0.3 is 0 Å². The zero-order valence-electron chi connectivity index (χ0n) is 11.6. The van der Waals surface area contributed by atoms with Crippen LogP contribution in [-0.4, -0.2) is 4.98 Å². The molecule has 3 aromatic rings. The third kappa shape index (κ3) is 2.84. The Bertz CT molecular complexity index is 781. The number of ether oxygens (including phenoxy) is 1. The molecular weight excluding hydrogens is 284 g/mol. The minimum Gasteiger partial charge on any atom is -0.454 e. The van der Waals surface area contributed by atoms with Crippen molar-refractivity contribution in [1.29, 1.82) is 0 Å². The van der Waals surface area contributed by atoms with Crippen LogP contribution in [0.3, 0.4) is 0 Å². The fourth-order valence-corrected chi connectivity index (χ4v) is 2.39. The molecule has 0 saturated heterocycles. The van der Waals surface area contributed by atoms with Crippen molar-refractivity contribution in [3.63, 3.8) is 0 Å². The van der Waals surface area contributed by atoms with E-state index in [9.17, 15) is 0 Å². The molecule has 0 aliphatic carbocycles. The van der Waals surface area contributed by atoms with Crippen LogP contribution >= 0.6 is 11.6 Å². The number of nitrogens with zero attached hydrogens (tertiary/aromatic N) is 1. The normalized spacial score (nSPS) is 12.3. The molecule has 1 aromatic heterocycles. The van der Waals surface area contributed by atoms with Gasteiger partial charge in [-0.25, -0.2) is 0 Å². The summed E-state index contributed by atoms with van der Waals surface area (Å²) in [6.45, 7) is 1.92. The zero-order valence-corrected chi connectivity index (χ0v) is 12.3. The summed E-state index contributed by atoms with van der Waals surface area (Å²) in [5, 5.41) is 1.57. The molecule has 1 heterocycles. The van der Waals surface area contributed by atoms with Crippen LogP contribution in [0.5, 0.6) is 11.5 Å². The number of para-hydroxylation sites is 1. The summed E-state index contributed by atoms with van der Waals surface area (Å²) < 4.78 is 5.92. The molecule has 0 unspecified atom stereocenters. The van der Waals surface area contributed by atoms with Crippen molar-refractivity contribution < 1.29 is 4.74 Å². The average molecular weight is 299 g/mol. The number of halogens is 1. The number of hydrogen-bond donors (Lipinski definition) is 1. The van der Waals surface area contributed by atoms with Crippen molar-refractivity contribution in [2.24, 2.45) is 5.73 Å². The zero-order chi connectivity index (χ0) is 14.8. The highest BCUT2D eigenvalue weighted by atomic mass is 35.5. The standard InChI is InChI=1S/C17H15ClN2O/c1-11(19)13-7-8-15(14(18)10-13)21-16-6-2-4-12-5-3-9-20-17(12)16/h2-11H,19H2,1H3/t11-/m0/s1. The van der Waals surface area contributed by atoms with E-state index in [1.807, 2.05) is 55.5 Å². The monoisotopic (exact) mass is 298 g/mol. The van der Waals surface area contributed by atoms with E-state index in [1.54, 1.807) is 6.20 Å². The van der Waals surface area contributed by atoms with Gasteiger partial charge in [-0.15, -0.1) is 0 Å². The Hall–Kier alpha value is -2.10. The number of rotatable bonds is 3. The lowest BCUT2D eigenvalue weighted by Gasteiger charge is -2.12. The van der Waals surface area contributed by atoms with Crippen molar-refractivity contribution in [2.45, 2.75) is 13.0 Å². The molecule has 2 aromatic carbocycles. The van der Waals surface area contributed by atoms with E-state index in [0.29, 0.717) is 16.5 Å². The molecule has 2 N–H and O–H groups in total. The van der Waals surface area contributed by atoms with Crippen LogP contribution in [0.2, 0.25) is 5.02 Å². The van der Waals surface area contributed by atoms with Gasteiger partial charge in [0.2, 0.25) is 0 Å². The average Bonchev–Trinajstić information content (AvgIpc) is 2.49. The van der Waals surface area contributed by atoms with Gasteiger partial charge in [0.1, 0.15) is 11.3 Å². The summed E-state index contributed by atoms with van der Waals surface area (Å²) in [6.07, 6.45) is 1.75. The first-order valence-corrected chi connectivity index (χ1v) is 7.09. The largest absolute Gasteiger partial charge is 0.454 e. The Morgan fingerprint density at radius 1 is 1.10 bits per heavy atom. The highest BCUT2D eigenvalue weighted by Gasteiger charge is 2.09. The van der Waals surface area contributed by atoms with E-state index >= 15 is 0 Å². The Kier molecular flexibility index (Phi) is 3.78. The van der Waals surface area contributed by atoms with Gasteiger partial charge in [-0.2, -0.15) is 0 Å². The topological polar surface area (TPSA) is 48.1 Å². The molecule has 1 atom stereocenters. The van der Waals surface area contributed by atoms with Gasteiger partial charge in [-0.3, -0.25) is 4.98 Å². The molecule has 4 heteroatoms. The van der Waals surface area contributed by atoms with Crippen molar-refractivity contribution >= 4 is 22.5 Å². The van der Waals surface area contributed by atoms with Gasteiger partial charge in [-0.05, 0) is 36.8 Å². The molecule has 0 radical (unpaired) electrons. The number of pyridine rings is 1. The van der Waals surface area contributed by atoms with Crippen molar-refractivity contribution in [3.05, 3.63) is 65.3 Å². The fraction of sp³-hybridized carbons (Fsp3) is 0.118. The van der Waals surface area contributed by atoms with E-state index < -0.39 is 0 Å². The number of hydrogen-bond acceptors (Lipinski definition) is 3. The fourth-order valence-electron chi connectivity index (χ4n) is 2.16. The van der Waals surface area contributed by atoms with Gasteiger partial charge in [0, 0.05) is 17.6 Å². The highest BCUT2D eigenvalue weighted by molar-refractivity contribution is 6.32. The summed E-state index contributed by atoms with van der Waals surface area (Å²) >= 11 is 6.27. The van der Waals surface area contributed by atoms with Crippen molar-refractivity contribution in [2.75, 3.05) is 0 Å². The van der Waals surface area contributed by atoms with Crippen LogP contribution in [0.15, 0.2) is 54.7 Å². The van der Waals surface area contributed by atoms with Crippen LogP contribution < -0.4 is 10.5 Å². The lowest BCUT2D eigenvalue weighted by atomic mass is 10.1. The lowest BCUT2D eigenvalue weighted by Crippen LogP contribution is -2.04. The van der Waals surface area contributed by atoms with Crippen LogP contribution in [0.25, 0.3) is 10.9 Å². The van der Waals surface area contributed by atoms with Crippen LogP contribution in [0.1, 0.15) is 18.5 Å². The van der Waals surface area contributed by atoms with Crippen LogP contribution in [0, 0.1) is 0 Å². The van der Waals surface area contributed by atoms with Gasteiger partial charge in [-0.1, -0.05) is 35.9 Å². The summed E-state index contributed by atoms with van der Waals surface area (Å²) in [7, 11) is 0. The first-order chi connectivity index (χ1) is 10.1. The number of nitrogens with two attached hydrogens (primary N) is 1. The SMILES string of the molecule is C[C@H](N)c1ccc(Oc2cccc3cccnc23)c(Cl)c1. The maximum Gasteiger partial charge on any atom is 0.153 e. The third-order valence-electron chi connectivity index (χ3n) is 3.30. The van der Waals surface area contributed by atoms with Crippen molar-refractivity contribution in [3.8, 4) is 11.5 Å². The number of aromatic nitrogens is 1. The molecule has 106 valence electrons. The molecule has 0 spiro atoms. The quantitative estimate of drug-likeness (QED) is 0.762. The molecule has 0 amide bonds. The van der Waals surface area contributed by atoms with E-state index in [0.717, 1.165) is 16.5 Å². The molecule has 0 bridgehead atoms. The molecular formula is C17H15ClN2O. The molecule has 0 aliphatic rings. The summed E-state index contributed by atoms with van der Waals surface area (Å²) in [6, 6.07) is 15.2. The second kappa shape index (κ2) is 5.72. The maximum atomic E-state index is 6.27. The van der Waals surface area contributed by atoms with Gasteiger partial charge in [0.05, 0.1) is 5.02 Å². The van der Waals surface area contributed by atoms with E-state index in [4.69, 9.17) is 22.1 Å². The van der Waals surface area contributed by atoms with Crippen molar-refractivity contribution in [1.82, 2.24) is 4.98 Å². The smallest absolute Gasteiger partial charge is 0.153 e. The van der Waals surface area contributed by atoms with Crippen LogP contribution in [-0.2, 0) is 0 Å².